The standard InChI is InChI=1S/C16H19F3O8S/c1-22-11-12(23-2)14-25-9-15(26-14,27-28(20,21)16(17,18)19)13(11)24-8-10-6-4-3-5-7-10/h3-7,11-14H,8-9H2,1-2H3/t11-,12-,13+,14+,15-/m1/s1. The third-order valence-electron chi connectivity index (χ3n) is 4.44. The van der Waals surface area contributed by atoms with Crippen molar-refractivity contribution in [2.24, 2.45) is 0 Å². The Bertz CT molecular complexity index is 772. The molecule has 0 unspecified atom stereocenters. The predicted octanol–water partition coefficient (Wildman–Crippen LogP) is 1.55. The highest BCUT2D eigenvalue weighted by atomic mass is 32.2. The van der Waals surface area contributed by atoms with Gasteiger partial charge in [0.2, 0.25) is 5.79 Å². The highest BCUT2D eigenvalue weighted by Crippen LogP contribution is 2.44. The van der Waals surface area contributed by atoms with E-state index in [2.05, 4.69) is 4.18 Å². The van der Waals surface area contributed by atoms with Gasteiger partial charge in [-0.3, -0.25) is 0 Å². The van der Waals surface area contributed by atoms with Crippen LogP contribution in [0.3, 0.4) is 0 Å². The molecule has 28 heavy (non-hydrogen) atoms. The van der Waals surface area contributed by atoms with Gasteiger partial charge in [-0.2, -0.15) is 21.6 Å². The summed E-state index contributed by atoms with van der Waals surface area (Å²) < 4.78 is 93.5. The summed E-state index contributed by atoms with van der Waals surface area (Å²) in [6, 6.07) is 8.73. The zero-order chi connectivity index (χ0) is 20.6. The first kappa shape index (κ1) is 21.4. The quantitative estimate of drug-likeness (QED) is 0.478. The van der Waals surface area contributed by atoms with E-state index in [1.807, 2.05) is 0 Å². The number of rotatable bonds is 7. The molecule has 0 spiro atoms. The van der Waals surface area contributed by atoms with E-state index in [-0.39, 0.29) is 6.61 Å². The monoisotopic (exact) mass is 428 g/mol. The second-order valence-corrected chi connectivity index (χ2v) is 7.75. The van der Waals surface area contributed by atoms with Crippen LogP contribution in [0.25, 0.3) is 0 Å². The molecule has 0 radical (unpaired) electrons. The molecule has 2 fully saturated rings. The van der Waals surface area contributed by atoms with Crippen LogP contribution in [0.15, 0.2) is 30.3 Å². The number of hydrogen-bond acceptors (Lipinski definition) is 8. The molecule has 2 bridgehead atoms. The highest BCUT2D eigenvalue weighted by molar-refractivity contribution is 7.87. The average Bonchev–Trinajstić information content (AvgIpc) is 3.00. The Labute approximate surface area is 159 Å². The maximum absolute atomic E-state index is 12.9. The molecular formula is C16H19F3O8S. The van der Waals surface area contributed by atoms with Gasteiger partial charge in [0.25, 0.3) is 0 Å². The smallest absolute Gasteiger partial charge is 0.376 e. The summed E-state index contributed by atoms with van der Waals surface area (Å²) >= 11 is 0. The van der Waals surface area contributed by atoms with Crippen LogP contribution in [0, 0.1) is 0 Å². The highest BCUT2D eigenvalue weighted by Gasteiger charge is 2.66. The van der Waals surface area contributed by atoms with Crippen molar-refractivity contribution >= 4 is 10.1 Å². The van der Waals surface area contributed by atoms with Crippen molar-refractivity contribution < 1.29 is 49.5 Å². The predicted molar refractivity (Wildman–Crippen MR) is 86.2 cm³/mol. The van der Waals surface area contributed by atoms with E-state index in [0.29, 0.717) is 5.56 Å². The van der Waals surface area contributed by atoms with Crippen molar-refractivity contribution in [3.05, 3.63) is 35.9 Å². The summed E-state index contributed by atoms with van der Waals surface area (Å²) in [5, 5.41) is 0. The van der Waals surface area contributed by atoms with E-state index in [0.717, 1.165) is 0 Å². The summed E-state index contributed by atoms with van der Waals surface area (Å²) in [7, 11) is -3.38. The van der Waals surface area contributed by atoms with E-state index < -0.39 is 52.6 Å². The minimum atomic E-state index is -5.99. The van der Waals surface area contributed by atoms with Crippen molar-refractivity contribution in [1.82, 2.24) is 0 Å². The molecule has 0 aliphatic carbocycles. The normalized spacial score (nSPS) is 33.2. The maximum atomic E-state index is 12.9. The van der Waals surface area contributed by atoms with Crippen molar-refractivity contribution in [3.63, 3.8) is 0 Å². The third-order valence-corrected chi connectivity index (χ3v) is 5.51. The Morgan fingerprint density at radius 3 is 2.36 bits per heavy atom. The Kier molecular flexibility index (Phi) is 6.01. The summed E-state index contributed by atoms with van der Waals surface area (Å²) in [6.45, 7) is -0.681. The first-order chi connectivity index (χ1) is 13.1. The zero-order valence-electron chi connectivity index (χ0n) is 14.9. The van der Waals surface area contributed by atoms with Gasteiger partial charge in [0.05, 0.1) is 6.61 Å². The first-order valence-corrected chi connectivity index (χ1v) is 9.57. The number of methoxy groups -OCH3 is 2. The summed E-state index contributed by atoms with van der Waals surface area (Å²) in [5.74, 6) is -2.37. The van der Waals surface area contributed by atoms with E-state index in [9.17, 15) is 21.6 Å². The Morgan fingerprint density at radius 2 is 1.79 bits per heavy atom. The SMILES string of the molecule is CO[C@@H]1[C@@H](OC)[C@H]2OC[C@](OS(=O)(=O)C(F)(F)F)(O2)[C@H]1OCc1ccccc1. The number of halogens is 3. The van der Waals surface area contributed by atoms with Crippen molar-refractivity contribution in [2.45, 2.75) is 42.5 Å². The molecule has 12 heteroatoms. The number of ether oxygens (including phenoxy) is 5. The second-order valence-electron chi connectivity index (χ2n) is 6.21. The van der Waals surface area contributed by atoms with Crippen LogP contribution in [-0.2, 0) is 44.6 Å². The van der Waals surface area contributed by atoms with Crippen molar-refractivity contribution in [1.29, 1.82) is 0 Å². The lowest BCUT2D eigenvalue weighted by Gasteiger charge is -2.44. The molecule has 0 N–H and O–H groups in total. The van der Waals surface area contributed by atoms with Gasteiger partial charge in [0, 0.05) is 14.2 Å². The van der Waals surface area contributed by atoms with Crippen LogP contribution in [0.5, 0.6) is 0 Å². The largest absolute Gasteiger partial charge is 0.523 e. The molecule has 2 aliphatic heterocycles. The van der Waals surface area contributed by atoms with Crippen LogP contribution < -0.4 is 0 Å². The van der Waals surface area contributed by atoms with Gasteiger partial charge < -0.3 is 23.7 Å². The Balaban J connectivity index is 1.93. The third kappa shape index (κ3) is 3.90. The second kappa shape index (κ2) is 7.86. The lowest BCUT2D eigenvalue weighted by molar-refractivity contribution is -0.328. The molecular weight excluding hydrogens is 409 g/mol. The fourth-order valence-corrected chi connectivity index (χ4v) is 3.81. The number of hydrogen-bond donors (Lipinski definition) is 0. The Morgan fingerprint density at radius 1 is 1.14 bits per heavy atom. The number of fused-ring (bicyclic) bond motifs is 2. The zero-order valence-corrected chi connectivity index (χ0v) is 15.7. The van der Waals surface area contributed by atoms with Crippen LogP contribution >= 0.6 is 0 Å². The van der Waals surface area contributed by atoms with Gasteiger partial charge in [0.1, 0.15) is 24.9 Å². The van der Waals surface area contributed by atoms with Crippen LogP contribution in [0.2, 0.25) is 0 Å². The minimum Gasteiger partial charge on any atom is -0.376 e. The summed E-state index contributed by atoms with van der Waals surface area (Å²) in [6.07, 6.45) is -4.47. The van der Waals surface area contributed by atoms with Crippen molar-refractivity contribution in [3.8, 4) is 0 Å². The molecule has 5 atom stereocenters. The van der Waals surface area contributed by atoms with E-state index in [1.54, 1.807) is 30.3 Å². The lowest BCUT2D eigenvalue weighted by Crippen LogP contribution is -2.64. The van der Waals surface area contributed by atoms with E-state index in [4.69, 9.17) is 23.7 Å². The first-order valence-electron chi connectivity index (χ1n) is 8.16. The van der Waals surface area contributed by atoms with Gasteiger partial charge in [-0.1, -0.05) is 30.3 Å². The molecule has 0 saturated carbocycles. The summed E-state index contributed by atoms with van der Waals surface area (Å²) in [5.41, 5.74) is -4.95. The molecule has 0 amide bonds. The fraction of sp³-hybridized carbons (Fsp3) is 0.625. The van der Waals surface area contributed by atoms with E-state index >= 15 is 0 Å². The van der Waals surface area contributed by atoms with Crippen molar-refractivity contribution in [2.75, 3.05) is 20.8 Å². The molecule has 1 aromatic carbocycles. The summed E-state index contributed by atoms with van der Waals surface area (Å²) in [4.78, 5) is 0. The molecule has 3 rings (SSSR count). The van der Waals surface area contributed by atoms with Crippen LogP contribution in [0.4, 0.5) is 13.2 Å². The molecule has 158 valence electrons. The van der Waals surface area contributed by atoms with Crippen LogP contribution in [0.1, 0.15) is 5.56 Å². The number of alkyl halides is 3. The molecule has 2 aliphatic rings. The molecule has 2 saturated heterocycles. The number of benzene rings is 1. The van der Waals surface area contributed by atoms with Gasteiger partial charge in [-0.25, -0.2) is 4.18 Å². The molecule has 0 aromatic heterocycles. The van der Waals surface area contributed by atoms with Crippen LogP contribution in [-0.4, -0.2) is 65.1 Å². The van der Waals surface area contributed by atoms with E-state index in [1.165, 1.54) is 14.2 Å². The molecule has 8 nitrogen and oxygen atoms in total. The van der Waals surface area contributed by atoms with Gasteiger partial charge in [0.15, 0.2) is 6.29 Å². The van der Waals surface area contributed by atoms with Gasteiger partial charge in [-0.15, -0.1) is 0 Å². The fourth-order valence-electron chi connectivity index (χ4n) is 3.16. The molecule has 1 aromatic rings. The maximum Gasteiger partial charge on any atom is 0.523 e. The lowest BCUT2D eigenvalue weighted by atomic mass is 9.97. The van der Waals surface area contributed by atoms with Gasteiger partial charge >= 0.3 is 15.6 Å². The topological polar surface area (TPSA) is 89.5 Å². The molecule has 2 heterocycles. The minimum absolute atomic E-state index is 0.0625. The average molecular weight is 428 g/mol. The Hall–Kier alpha value is -1.28. The van der Waals surface area contributed by atoms with Gasteiger partial charge in [-0.05, 0) is 5.56 Å².